The monoisotopic (exact) mass is 293 g/mol. The van der Waals surface area contributed by atoms with Crippen LogP contribution in [0.15, 0.2) is 18.2 Å². The van der Waals surface area contributed by atoms with E-state index in [4.69, 9.17) is 4.74 Å². The Morgan fingerprint density at radius 2 is 2.14 bits per heavy atom. The van der Waals surface area contributed by atoms with Gasteiger partial charge in [-0.05, 0) is 56.2 Å². The van der Waals surface area contributed by atoms with Gasteiger partial charge in [0, 0.05) is 12.1 Å². The maximum absolute atomic E-state index is 13.5. The van der Waals surface area contributed by atoms with Gasteiger partial charge < -0.3 is 10.1 Å². The third-order valence-corrected chi connectivity index (χ3v) is 4.57. The van der Waals surface area contributed by atoms with Crippen molar-refractivity contribution in [2.75, 3.05) is 6.54 Å². The van der Waals surface area contributed by atoms with Crippen LogP contribution in [0.2, 0.25) is 0 Å². The lowest BCUT2D eigenvalue weighted by Crippen LogP contribution is -2.54. The molecule has 0 aromatic heterocycles. The Balaban J connectivity index is 2.17. The molecule has 2 nitrogen and oxygen atoms in total. The van der Waals surface area contributed by atoms with Crippen molar-refractivity contribution < 1.29 is 9.13 Å². The topological polar surface area (TPSA) is 21.3 Å². The van der Waals surface area contributed by atoms with E-state index in [9.17, 15) is 4.39 Å². The van der Waals surface area contributed by atoms with E-state index in [0.717, 1.165) is 31.4 Å². The Labute approximate surface area is 128 Å². The Morgan fingerprint density at radius 3 is 2.86 bits per heavy atom. The highest BCUT2D eigenvalue weighted by atomic mass is 19.1. The van der Waals surface area contributed by atoms with Gasteiger partial charge in [-0.2, -0.15) is 0 Å². The van der Waals surface area contributed by atoms with Crippen LogP contribution in [0.5, 0.6) is 5.75 Å². The third kappa shape index (κ3) is 3.97. The van der Waals surface area contributed by atoms with Gasteiger partial charge in [0.2, 0.25) is 0 Å². The molecule has 1 saturated carbocycles. The first-order valence-electron chi connectivity index (χ1n) is 8.10. The van der Waals surface area contributed by atoms with Crippen LogP contribution in [0.4, 0.5) is 4.39 Å². The van der Waals surface area contributed by atoms with Crippen molar-refractivity contribution in [3.63, 3.8) is 0 Å². The van der Waals surface area contributed by atoms with Crippen LogP contribution in [-0.2, 0) is 0 Å². The van der Waals surface area contributed by atoms with Gasteiger partial charge in [0.05, 0.1) is 0 Å². The van der Waals surface area contributed by atoms with E-state index >= 15 is 0 Å². The zero-order chi connectivity index (χ0) is 15.5. The second-order valence-corrected chi connectivity index (χ2v) is 6.88. The van der Waals surface area contributed by atoms with E-state index in [1.165, 1.54) is 18.6 Å². The van der Waals surface area contributed by atoms with E-state index < -0.39 is 0 Å². The molecule has 1 aliphatic carbocycles. The minimum Gasteiger partial charge on any atom is -0.488 e. The molecule has 21 heavy (non-hydrogen) atoms. The summed E-state index contributed by atoms with van der Waals surface area (Å²) in [5.41, 5.74) is 1.20. The van der Waals surface area contributed by atoms with E-state index in [1.54, 1.807) is 6.07 Å². The van der Waals surface area contributed by atoms with Crippen LogP contribution in [0.25, 0.3) is 0 Å². The van der Waals surface area contributed by atoms with Crippen LogP contribution in [0.1, 0.15) is 52.0 Å². The molecule has 1 aromatic rings. The Morgan fingerprint density at radius 1 is 1.38 bits per heavy atom. The summed E-state index contributed by atoms with van der Waals surface area (Å²) in [6, 6.07) is 5.09. The fourth-order valence-electron chi connectivity index (χ4n) is 3.28. The summed E-state index contributed by atoms with van der Waals surface area (Å²) in [6.45, 7) is 9.74. The van der Waals surface area contributed by atoms with Gasteiger partial charge in [-0.3, -0.25) is 0 Å². The van der Waals surface area contributed by atoms with E-state index in [0.29, 0.717) is 11.8 Å². The van der Waals surface area contributed by atoms with Crippen molar-refractivity contribution in [1.82, 2.24) is 5.32 Å². The smallest absolute Gasteiger partial charge is 0.126 e. The molecule has 0 spiro atoms. The Kier molecular flexibility index (Phi) is 5.26. The summed E-state index contributed by atoms with van der Waals surface area (Å²) in [5, 5.41) is 3.65. The number of rotatable bonds is 5. The van der Waals surface area contributed by atoms with Crippen molar-refractivity contribution in [2.45, 2.75) is 65.5 Å². The van der Waals surface area contributed by atoms with Crippen molar-refractivity contribution in [2.24, 2.45) is 5.41 Å². The first-order chi connectivity index (χ1) is 9.94. The summed E-state index contributed by atoms with van der Waals surface area (Å²) < 4.78 is 19.7. The fourth-order valence-corrected chi connectivity index (χ4v) is 3.28. The molecule has 1 fully saturated rings. The first kappa shape index (κ1) is 16.3. The van der Waals surface area contributed by atoms with Crippen LogP contribution in [0, 0.1) is 18.2 Å². The van der Waals surface area contributed by atoms with Crippen molar-refractivity contribution in [1.29, 1.82) is 0 Å². The van der Waals surface area contributed by atoms with Crippen LogP contribution < -0.4 is 10.1 Å². The maximum atomic E-state index is 13.5. The second kappa shape index (κ2) is 6.78. The quantitative estimate of drug-likeness (QED) is 0.865. The molecule has 3 heteroatoms. The van der Waals surface area contributed by atoms with Gasteiger partial charge in [-0.25, -0.2) is 4.39 Å². The van der Waals surface area contributed by atoms with Crippen LogP contribution in [-0.4, -0.2) is 18.7 Å². The van der Waals surface area contributed by atoms with Gasteiger partial charge in [0.1, 0.15) is 17.7 Å². The summed E-state index contributed by atoms with van der Waals surface area (Å²) in [6.07, 6.45) is 4.62. The van der Waals surface area contributed by atoms with Gasteiger partial charge in [-0.15, -0.1) is 0 Å². The van der Waals surface area contributed by atoms with Gasteiger partial charge >= 0.3 is 0 Å². The summed E-state index contributed by atoms with van der Waals surface area (Å²) in [7, 11) is 0. The molecule has 1 aromatic carbocycles. The molecule has 2 unspecified atom stereocenters. The fraction of sp³-hybridized carbons (Fsp3) is 0.667. The molecule has 118 valence electrons. The first-order valence-corrected chi connectivity index (χ1v) is 8.10. The SMILES string of the molecule is CCCNC1C(Oc2cc(F)ccc2C)CCCC1(C)C. The lowest BCUT2D eigenvalue weighted by Gasteiger charge is -2.44. The zero-order valence-corrected chi connectivity index (χ0v) is 13.7. The lowest BCUT2D eigenvalue weighted by molar-refractivity contribution is 0.0359. The van der Waals surface area contributed by atoms with Gasteiger partial charge in [-0.1, -0.05) is 26.8 Å². The van der Waals surface area contributed by atoms with Crippen molar-refractivity contribution in [3.05, 3.63) is 29.6 Å². The second-order valence-electron chi connectivity index (χ2n) is 6.88. The predicted octanol–water partition coefficient (Wildman–Crippen LogP) is 4.46. The molecule has 2 atom stereocenters. The molecule has 1 aliphatic rings. The summed E-state index contributed by atoms with van der Waals surface area (Å²) >= 11 is 0. The lowest BCUT2D eigenvalue weighted by atomic mass is 9.71. The van der Waals surface area contributed by atoms with Crippen LogP contribution >= 0.6 is 0 Å². The highest BCUT2D eigenvalue weighted by molar-refractivity contribution is 5.33. The molecule has 0 bridgehead atoms. The standard InChI is InChI=1S/C18H28FNO/c1-5-11-20-17-15(7-6-10-18(17,3)4)21-16-12-14(19)9-8-13(16)2/h8-9,12,15,17,20H,5-7,10-11H2,1-4H3. The Hall–Kier alpha value is -1.09. The number of nitrogens with one attached hydrogen (secondary N) is 1. The minimum absolute atomic E-state index is 0.112. The maximum Gasteiger partial charge on any atom is 0.126 e. The molecule has 2 rings (SSSR count). The van der Waals surface area contributed by atoms with Gasteiger partial charge in [0.15, 0.2) is 0 Å². The van der Waals surface area contributed by atoms with Crippen molar-refractivity contribution in [3.8, 4) is 5.75 Å². The normalized spacial score (nSPS) is 24.8. The average molecular weight is 293 g/mol. The number of hydrogen-bond donors (Lipinski definition) is 1. The molecular weight excluding hydrogens is 265 g/mol. The molecule has 0 aliphatic heterocycles. The molecule has 0 radical (unpaired) electrons. The summed E-state index contributed by atoms with van der Waals surface area (Å²) in [5.74, 6) is 0.449. The third-order valence-electron chi connectivity index (χ3n) is 4.57. The Bertz CT molecular complexity index is 472. The highest BCUT2D eigenvalue weighted by Gasteiger charge is 2.40. The molecule has 0 saturated heterocycles. The minimum atomic E-state index is -0.233. The number of halogens is 1. The number of hydrogen-bond acceptors (Lipinski definition) is 2. The highest BCUT2D eigenvalue weighted by Crippen LogP contribution is 2.38. The average Bonchev–Trinajstić information content (AvgIpc) is 2.41. The summed E-state index contributed by atoms with van der Waals surface area (Å²) in [4.78, 5) is 0. The number of benzene rings is 1. The molecule has 1 N–H and O–H groups in total. The molecule has 0 amide bonds. The predicted molar refractivity (Wildman–Crippen MR) is 85.3 cm³/mol. The molecular formula is C18H28FNO. The van der Waals surface area contributed by atoms with Crippen LogP contribution in [0.3, 0.4) is 0 Å². The van der Waals surface area contributed by atoms with E-state index in [-0.39, 0.29) is 17.3 Å². The van der Waals surface area contributed by atoms with E-state index in [1.807, 2.05) is 6.92 Å². The zero-order valence-electron chi connectivity index (χ0n) is 13.7. The molecule has 0 heterocycles. The van der Waals surface area contributed by atoms with E-state index in [2.05, 4.69) is 26.1 Å². The van der Waals surface area contributed by atoms with Gasteiger partial charge in [0.25, 0.3) is 0 Å². The van der Waals surface area contributed by atoms with Crippen molar-refractivity contribution >= 4 is 0 Å². The number of aryl methyl sites for hydroxylation is 1. The number of ether oxygens (including phenoxy) is 1. The largest absolute Gasteiger partial charge is 0.488 e.